The van der Waals surface area contributed by atoms with E-state index in [1.54, 1.807) is 0 Å². The smallest absolute Gasteiger partial charge is 0.122 e. The van der Waals surface area contributed by atoms with Crippen LogP contribution < -0.4 is 0 Å². The SMILES string of the molecule is CCC1(O)[C@@H](OCc2ccccc2C)[C@]2(C)CC[C@@]1(C(C)C)O2. The zero-order chi connectivity index (χ0) is 16.9. The van der Waals surface area contributed by atoms with Gasteiger partial charge in [-0.15, -0.1) is 0 Å². The zero-order valence-electron chi connectivity index (χ0n) is 15.1. The summed E-state index contributed by atoms with van der Waals surface area (Å²) in [4.78, 5) is 0. The highest BCUT2D eigenvalue weighted by molar-refractivity contribution is 5.26. The molecule has 2 heterocycles. The summed E-state index contributed by atoms with van der Waals surface area (Å²) in [6.07, 6.45) is 2.23. The molecular weight excluding hydrogens is 288 g/mol. The minimum absolute atomic E-state index is 0.265. The Balaban J connectivity index is 1.88. The Morgan fingerprint density at radius 2 is 2.00 bits per heavy atom. The van der Waals surface area contributed by atoms with Crippen LogP contribution in [-0.2, 0) is 16.1 Å². The molecule has 0 aromatic heterocycles. The van der Waals surface area contributed by atoms with Gasteiger partial charge in [-0.3, -0.25) is 0 Å². The van der Waals surface area contributed by atoms with Gasteiger partial charge in [0.05, 0.1) is 12.2 Å². The van der Waals surface area contributed by atoms with Crippen molar-refractivity contribution in [2.24, 2.45) is 5.92 Å². The van der Waals surface area contributed by atoms with E-state index >= 15 is 0 Å². The molecular formula is C20H30O3. The lowest BCUT2D eigenvalue weighted by Gasteiger charge is -2.46. The van der Waals surface area contributed by atoms with Gasteiger partial charge in [-0.05, 0) is 50.2 Å². The minimum Gasteiger partial charge on any atom is -0.384 e. The van der Waals surface area contributed by atoms with Gasteiger partial charge in [0.25, 0.3) is 0 Å². The third-order valence-electron chi connectivity index (χ3n) is 6.27. The van der Waals surface area contributed by atoms with Crippen molar-refractivity contribution in [3.63, 3.8) is 0 Å². The number of hydrogen-bond acceptors (Lipinski definition) is 3. The van der Waals surface area contributed by atoms with Crippen LogP contribution in [0.5, 0.6) is 0 Å². The summed E-state index contributed by atoms with van der Waals surface area (Å²) in [7, 11) is 0. The Hall–Kier alpha value is -0.900. The average molecular weight is 318 g/mol. The molecule has 2 bridgehead atoms. The second-order valence-corrected chi connectivity index (χ2v) is 7.85. The maximum atomic E-state index is 11.5. The number of aliphatic hydroxyl groups is 1. The molecule has 1 aromatic rings. The Kier molecular flexibility index (Phi) is 4.11. The van der Waals surface area contributed by atoms with Gasteiger partial charge < -0.3 is 14.6 Å². The molecule has 4 atom stereocenters. The molecule has 0 radical (unpaired) electrons. The maximum Gasteiger partial charge on any atom is 0.122 e. The molecule has 23 heavy (non-hydrogen) atoms. The molecule has 2 aliphatic rings. The first-order valence-corrected chi connectivity index (χ1v) is 8.88. The zero-order valence-corrected chi connectivity index (χ0v) is 15.1. The first-order valence-electron chi connectivity index (χ1n) is 8.88. The van der Waals surface area contributed by atoms with Gasteiger partial charge in [-0.25, -0.2) is 0 Å². The number of benzene rings is 1. The lowest BCUT2D eigenvalue weighted by atomic mass is 9.64. The molecule has 3 rings (SSSR count). The van der Waals surface area contributed by atoms with Crippen LogP contribution in [0.25, 0.3) is 0 Å². The van der Waals surface area contributed by atoms with Crippen molar-refractivity contribution in [1.29, 1.82) is 0 Å². The van der Waals surface area contributed by atoms with Gasteiger partial charge in [0.1, 0.15) is 17.3 Å². The van der Waals surface area contributed by atoms with E-state index in [0.29, 0.717) is 13.0 Å². The first kappa shape index (κ1) is 16.9. The molecule has 2 aliphatic heterocycles. The molecule has 3 nitrogen and oxygen atoms in total. The van der Waals surface area contributed by atoms with Crippen molar-refractivity contribution in [3.8, 4) is 0 Å². The largest absolute Gasteiger partial charge is 0.384 e. The van der Waals surface area contributed by atoms with E-state index in [0.717, 1.165) is 12.8 Å². The normalized spacial score (nSPS) is 39.3. The third-order valence-corrected chi connectivity index (χ3v) is 6.27. The van der Waals surface area contributed by atoms with E-state index in [2.05, 4.69) is 39.8 Å². The van der Waals surface area contributed by atoms with Gasteiger partial charge in [0.15, 0.2) is 0 Å². The van der Waals surface area contributed by atoms with Crippen LogP contribution in [0.15, 0.2) is 24.3 Å². The van der Waals surface area contributed by atoms with Crippen LogP contribution in [0.1, 0.15) is 58.1 Å². The van der Waals surface area contributed by atoms with Crippen molar-refractivity contribution in [2.75, 3.05) is 0 Å². The Morgan fingerprint density at radius 1 is 1.30 bits per heavy atom. The topological polar surface area (TPSA) is 38.7 Å². The highest BCUT2D eigenvalue weighted by atomic mass is 16.6. The van der Waals surface area contributed by atoms with E-state index in [4.69, 9.17) is 9.47 Å². The number of hydrogen-bond donors (Lipinski definition) is 1. The summed E-state index contributed by atoms with van der Waals surface area (Å²) in [6, 6.07) is 8.26. The molecule has 1 unspecified atom stereocenters. The maximum absolute atomic E-state index is 11.5. The molecule has 0 aliphatic carbocycles. The molecule has 128 valence electrons. The average Bonchev–Trinajstić information content (AvgIpc) is 2.97. The summed E-state index contributed by atoms with van der Waals surface area (Å²) in [5, 5.41) is 11.5. The van der Waals surface area contributed by atoms with Crippen molar-refractivity contribution in [3.05, 3.63) is 35.4 Å². The van der Waals surface area contributed by atoms with E-state index < -0.39 is 16.8 Å². The predicted octanol–water partition coefficient (Wildman–Crippen LogP) is 4.00. The second kappa shape index (κ2) is 5.58. The molecule has 0 amide bonds. The van der Waals surface area contributed by atoms with Crippen molar-refractivity contribution >= 4 is 0 Å². The highest BCUT2D eigenvalue weighted by Gasteiger charge is 2.73. The van der Waals surface area contributed by atoms with E-state index in [1.807, 2.05) is 19.1 Å². The second-order valence-electron chi connectivity index (χ2n) is 7.85. The van der Waals surface area contributed by atoms with Gasteiger partial charge >= 0.3 is 0 Å². The monoisotopic (exact) mass is 318 g/mol. The van der Waals surface area contributed by atoms with Crippen LogP contribution in [0.4, 0.5) is 0 Å². The molecule has 1 N–H and O–H groups in total. The fourth-order valence-corrected chi connectivity index (χ4v) is 4.82. The lowest BCUT2D eigenvalue weighted by Crippen LogP contribution is -2.62. The first-order chi connectivity index (χ1) is 10.8. The standard InChI is InChI=1S/C20H30O3/c1-6-19(21)17(22-13-16-10-8-7-9-15(16)4)18(5)11-12-20(19,23-18)14(2)3/h7-10,14,17,21H,6,11-13H2,1-5H3/t17-,18-,19?,20-/m0/s1. The molecule has 1 aromatic carbocycles. The van der Waals surface area contributed by atoms with Gasteiger partial charge in [0, 0.05) is 0 Å². The Morgan fingerprint density at radius 3 is 2.61 bits per heavy atom. The van der Waals surface area contributed by atoms with E-state index in [-0.39, 0.29) is 12.0 Å². The van der Waals surface area contributed by atoms with E-state index in [9.17, 15) is 5.11 Å². The number of rotatable bonds is 5. The molecule has 2 fully saturated rings. The summed E-state index contributed by atoms with van der Waals surface area (Å²) in [6.45, 7) is 11.1. The third kappa shape index (κ3) is 2.28. The molecule has 0 spiro atoms. The van der Waals surface area contributed by atoms with Crippen LogP contribution in [0.3, 0.4) is 0 Å². The number of aryl methyl sites for hydroxylation is 1. The summed E-state index contributed by atoms with van der Waals surface area (Å²) >= 11 is 0. The van der Waals surface area contributed by atoms with Gasteiger partial charge in [-0.1, -0.05) is 45.0 Å². The van der Waals surface area contributed by atoms with Crippen molar-refractivity contribution in [1.82, 2.24) is 0 Å². The van der Waals surface area contributed by atoms with Gasteiger partial charge in [0.2, 0.25) is 0 Å². The molecule has 3 heteroatoms. The molecule has 2 saturated heterocycles. The highest BCUT2D eigenvalue weighted by Crippen LogP contribution is 2.61. The predicted molar refractivity (Wildman–Crippen MR) is 91.3 cm³/mol. The number of ether oxygens (including phenoxy) is 2. The van der Waals surface area contributed by atoms with Gasteiger partial charge in [-0.2, -0.15) is 0 Å². The van der Waals surface area contributed by atoms with Crippen molar-refractivity contribution < 1.29 is 14.6 Å². The quantitative estimate of drug-likeness (QED) is 0.892. The lowest BCUT2D eigenvalue weighted by molar-refractivity contribution is -0.172. The fourth-order valence-electron chi connectivity index (χ4n) is 4.82. The Labute approximate surface area is 140 Å². The Bertz CT molecular complexity index is 584. The summed E-state index contributed by atoms with van der Waals surface area (Å²) < 4.78 is 12.8. The summed E-state index contributed by atoms with van der Waals surface area (Å²) in [5.41, 5.74) is 0.609. The van der Waals surface area contributed by atoms with Crippen LogP contribution in [-0.4, -0.2) is 28.0 Å². The van der Waals surface area contributed by atoms with Crippen LogP contribution >= 0.6 is 0 Å². The molecule has 0 saturated carbocycles. The van der Waals surface area contributed by atoms with Crippen molar-refractivity contribution in [2.45, 2.75) is 83.4 Å². The number of fused-ring (bicyclic) bond motifs is 2. The summed E-state index contributed by atoms with van der Waals surface area (Å²) in [5.74, 6) is 0.265. The van der Waals surface area contributed by atoms with E-state index in [1.165, 1.54) is 11.1 Å². The minimum atomic E-state index is -0.920. The van der Waals surface area contributed by atoms with Crippen LogP contribution in [0.2, 0.25) is 0 Å². The van der Waals surface area contributed by atoms with Crippen LogP contribution in [0, 0.1) is 12.8 Å². The fraction of sp³-hybridized carbons (Fsp3) is 0.700.